The number of guanidine groups is 1. The molecule has 0 saturated carbocycles. The fourth-order valence-electron chi connectivity index (χ4n) is 1.72. The fraction of sp³-hybridized carbons (Fsp3) is 0.714. The number of thiazole rings is 1. The monoisotopic (exact) mass is 297 g/mol. The Morgan fingerprint density at radius 1 is 1.40 bits per heavy atom. The highest BCUT2D eigenvalue weighted by molar-refractivity contribution is 7.11. The lowest BCUT2D eigenvalue weighted by molar-refractivity contribution is 0.403. The van der Waals surface area contributed by atoms with Crippen LogP contribution in [0.15, 0.2) is 11.2 Å². The lowest BCUT2D eigenvalue weighted by atomic mass is 10.4. The normalized spacial score (nSPS) is 11.9. The van der Waals surface area contributed by atoms with Crippen LogP contribution in [0.4, 0.5) is 0 Å². The van der Waals surface area contributed by atoms with E-state index in [4.69, 9.17) is 0 Å². The van der Waals surface area contributed by atoms with Crippen molar-refractivity contribution < 1.29 is 0 Å². The van der Waals surface area contributed by atoms with Crippen LogP contribution >= 0.6 is 11.3 Å². The fourth-order valence-corrected chi connectivity index (χ4v) is 2.51. The maximum atomic E-state index is 4.57. The zero-order valence-corrected chi connectivity index (χ0v) is 13.9. The molecule has 0 aromatic carbocycles. The van der Waals surface area contributed by atoms with Gasteiger partial charge in [0.1, 0.15) is 0 Å². The molecule has 6 heteroatoms. The quantitative estimate of drug-likeness (QED) is 0.434. The Balaban J connectivity index is 2.28. The van der Waals surface area contributed by atoms with Crippen molar-refractivity contribution in [3.63, 3.8) is 0 Å². The maximum absolute atomic E-state index is 4.57. The van der Waals surface area contributed by atoms with Gasteiger partial charge in [-0.1, -0.05) is 0 Å². The SMILES string of the molecule is CCNC(=NCCCN(C)C)NCCc1ncc(C)s1. The standard InChI is InChI=1S/C14H27N5S/c1-5-15-14(16-8-6-10-19(3)4)17-9-7-13-18-11-12(2)20-13/h11H,5-10H2,1-4H3,(H2,15,16,17). The predicted octanol–water partition coefficient (Wildman–Crippen LogP) is 1.50. The second-order valence-corrected chi connectivity index (χ2v) is 6.28. The Bertz CT molecular complexity index is 400. The van der Waals surface area contributed by atoms with Crippen LogP contribution < -0.4 is 10.6 Å². The summed E-state index contributed by atoms with van der Waals surface area (Å²) in [5.41, 5.74) is 0. The summed E-state index contributed by atoms with van der Waals surface area (Å²) in [4.78, 5) is 12.4. The van der Waals surface area contributed by atoms with Crippen molar-refractivity contribution in [3.05, 3.63) is 16.1 Å². The Kier molecular flexibility index (Phi) is 8.22. The Labute approximate surface area is 126 Å². The van der Waals surface area contributed by atoms with Crippen LogP contribution in [0.2, 0.25) is 0 Å². The van der Waals surface area contributed by atoms with E-state index in [-0.39, 0.29) is 0 Å². The first kappa shape index (κ1) is 16.9. The van der Waals surface area contributed by atoms with E-state index >= 15 is 0 Å². The summed E-state index contributed by atoms with van der Waals surface area (Å²) in [6.45, 7) is 7.85. The zero-order valence-electron chi connectivity index (χ0n) is 13.1. The van der Waals surface area contributed by atoms with Gasteiger partial charge in [-0.05, 0) is 40.9 Å². The molecule has 1 aromatic rings. The minimum atomic E-state index is 0.851. The van der Waals surface area contributed by atoms with E-state index < -0.39 is 0 Å². The average molecular weight is 297 g/mol. The predicted molar refractivity (Wildman–Crippen MR) is 87.7 cm³/mol. The highest BCUT2D eigenvalue weighted by Crippen LogP contribution is 2.10. The minimum Gasteiger partial charge on any atom is -0.357 e. The van der Waals surface area contributed by atoms with Crippen LogP contribution in [0.25, 0.3) is 0 Å². The molecule has 1 heterocycles. The van der Waals surface area contributed by atoms with Gasteiger partial charge >= 0.3 is 0 Å². The van der Waals surface area contributed by atoms with E-state index in [2.05, 4.69) is 53.5 Å². The van der Waals surface area contributed by atoms with E-state index in [1.54, 1.807) is 11.3 Å². The molecule has 20 heavy (non-hydrogen) atoms. The summed E-state index contributed by atoms with van der Waals surface area (Å²) < 4.78 is 0. The second-order valence-electron chi connectivity index (χ2n) is 4.96. The van der Waals surface area contributed by atoms with Crippen LogP contribution in [0, 0.1) is 6.92 Å². The molecule has 0 radical (unpaired) electrons. The third-order valence-electron chi connectivity index (χ3n) is 2.68. The van der Waals surface area contributed by atoms with Gasteiger partial charge in [-0.3, -0.25) is 4.99 Å². The number of aliphatic imine (C=N–C) groups is 1. The summed E-state index contributed by atoms with van der Waals surface area (Å²) >= 11 is 1.76. The first-order valence-electron chi connectivity index (χ1n) is 7.20. The lowest BCUT2D eigenvalue weighted by Crippen LogP contribution is -2.38. The minimum absolute atomic E-state index is 0.851. The number of nitrogens with one attached hydrogen (secondary N) is 2. The van der Waals surface area contributed by atoms with Crippen LogP contribution in [0.5, 0.6) is 0 Å². The van der Waals surface area contributed by atoms with Crippen LogP contribution in [-0.4, -0.2) is 56.1 Å². The molecule has 0 aliphatic rings. The number of hydrogen-bond acceptors (Lipinski definition) is 4. The first-order chi connectivity index (χ1) is 9.61. The summed E-state index contributed by atoms with van der Waals surface area (Å²) in [5.74, 6) is 0.902. The number of nitrogens with zero attached hydrogens (tertiary/aromatic N) is 3. The van der Waals surface area contributed by atoms with Gasteiger partial charge in [0, 0.05) is 37.1 Å². The smallest absolute Gasteiger partial charge is 0.191 e. The molecular weight excluding hydrogens is 270 g/mol. The topological polar surface area (TPSA) is 52.6 Å². The van der Waals surface area contributed by atoms with Crippen molar-refractivity contribution >= 4 is 17.3 Å². The van der Waals surface area contributed by atoms with Gasteiger partial charge in [0.05, 0.1) is 5.01 Å². The van der Waals surface area contributed by atoms with E-state index in [0.29, 0.717) is 0 Å². The van der Waals surface area contributed by atoms with Crippen molar-refractivity contribution in [1.29, 1.82) is 0 Å². The van der Waals surface area contributed by atoms with Gasteiger partial charge in [-0.2, -0.15) is 0 Å². The van der Waals surface area contributed by atoms with Gasteiger partial charge in [0.2, 0.25) is 0 Å². The van der Waals surface area contributed by atoms with E-state index in [1.807, 2.05) is 6.20 Å². The van der Waals surface area contributed by atoms with Crippen LogP contribution in [0.3, 0.4) is 0 Å². The number of aromatic nitrogens is 1. The summed E-state index contributed by atoms with van der Waals surface area (Å²) in [7, 11) is 4.17. The molecule has 0 spiro atoms. The molecule has 0 aliphatic carbocycles. The van der Waals surface area contributed by atoms with Crippen molar-refractivity contribution in [2.24, 2.45) is 4.99 Å². The summed E-state index contributed by atoms with van der Waals surface area (Å²) in [6, 6.07) is 0. The van der Waals surface area contributed by atoms with Gasteiger partial charge in [0.15, 0.2) is 5.96 Å². The lowest BCUT2D eigenvalue weighted by Gasteiger charge is -2.11. The Morgan fingerprint density at radius 2 is 2.20 bits per heavy atom. The van der Waals surface area contributed by atoms with Crippen molar-refractivity contribution in [3.8, 4) is 0 Å². The molecule has 0 saturated heterocycles. The number of rotatable bonds is 8. The van der Waals surface area contributed by atoms with E-state index in [0.717, 1.165) is 45.0 Å². The molecular formula is C14H27N5S. The van der Waals surface area contributed by atoms with Crippen molar-refractivity contribution in [1.82, 2.24) is 20.5 Å². The molecule has 0 fully saturated rings. The summed E-state index contributed by atoms with van der Waals surface area (Å²) in [5, 5.41) is 7.81. The Morgan fingerprint density at radius 3 is 2.80 bits per heavy atom. The molecule has 1 aromatic heterocycles. The molecule has 0 unspecified atom stereocenters. The Hall–Kier alpha value is -1.14. The van der Waals surface area contributed by atoms with E-state index in [9.17, 15) is 0 Å². The maximum Gasteiger partial charge on any atom is 0.191 e. The van der Waals surface area contributed by atoms with Gasteiger partial charge in [-0.25, -0.2) is 4.98 Å². The molecule has 0 aliphatic heterocycles. The molecule has 0 bridgehead atoms. The van der Waals surface area contributed by atoms with E-state index in [1.165, 1.54) is 9.88 Å². The number of hydrogen-bond donors (Lipinski definition) is 2. The molecule has 0 amide bonds. The van der Waals surface area contributed by atoms with Crippen LogP contribution in [0.1, 0.15) is 23.2 Å². The molecule has 0 atom stereocenters. The molecule has 2 N–H and O–H groups in total. The molecule has 5 nitrogen and oxygen atoms in total. The van der Waals surface area contributed by atoms with Crippen LogP contribution in [-0.2, 0) is 6.42 Å². The zero-order chi connectivity index (χ0) is 14.8. The van der Waals surface area contributed by atoms with Crippen molar-refractivity contribution in [2.75, 3.05) is 40.3 Å². The highest BCUT2D eigenvalue weighted by Gasteiger charge is 2.00. The van der Waals surface area contributed by atoms with Gasteiger partial charge in [-0.15, -0.1) is 11.3 Å². The highest BCUT2D eigenvalue weighted by atomic mass is 32.1. The van der Waals surface area contributed by atoms with Gasteiger partial charge in [0.25, 0.3) is 0 Å². The average Bonchev–Trinajstić information content (AvgIpc) is 2.80. The molecule has 1 rings (SSSR count). The second kappa shape index (κ2) is 9.72. The third kappa shape index (κ3) is 7.45. The summed E-state index contributed by atoms with van der Waals surface area (Å²) in [6.07, 6.45) is 3.95. The van der Waals surface area contributed by atoms with Crippen molar-refractivity contribution in [2.45, 2.75) is 26.7 Å². The number of aryl methyl sites for hydroxylation is 1. The largest absolute Gasteiger partial charge is 0.357 e. The molecule has 114 valence electrons. The first-order valence-corrected chi connectivity index (χ1v) is 8.01. The van der Waals surface area contributed by atoms with Gasteiger partial charge < -0.3 is 15.5 Å². The third-order valence-corrected chi connectivity index (χ3v) is 3.65.